The summed E-state index contributed by atoms with van der Waals surface area (Å²) in [4.78, 5) is 22.3. The fourth-order valence-electron chi connectivity index (χ4n) is 3.80. The van der Waals surface area contributed by atoms with Gasteiger partial charge in [0.2, 0.25) is 0 Å². The van der Waals surface area contributed by atoms with Crippen molar-refractivity contribution in [1.29, 1.82) is 0 Å². The molecule has 0 aromatic carbocycles. The Balaban J connectivity index is 1.67. The average Bonchev–Trinajstić information content (AvgIpc) is 2.62. The molecule has 8 nitrogen and oxygen atoms in total. The maximum absolute atomic E-state index is 11.1. The lowest BCUT2D eigenvalue weighted by atomic mass is 10.0. The maximum atomic E-state index is 11.1. The SMILES string of the molecule is COc1nc(N2CCC(N3CCN(C)CC3)CC2)c(C)cc1[N+](=O)[O-]. The highest BCUT2D eigenvalue weighted by Crippen LogP contribution is 2.32. The third kappa shape index (κ3) is 3.85. The zero-order chi connectivity index (χ0) is 18.0. The van der Waals surface area contributed by atoms with E-state index in [2.05, 4.69) is 26.7 Å². The van der Waals surface area contributed by atoms with Gasteiger partial charge in [-0.3, -0.25) is 15.0 Å². The molecule has 25 heavy (non-hydrogen) atoms. The first-order valence-corrected chi connectivity index (χ1v) is 8.87. The Hall–Kier alpha value is -1.93. The lowest BCUT2D eigenvalue weighted by molar-refractivity contribution is -0.386. The first kappa shape index (κ1) is 17.9. The first-order valence-electron chi connectivity index (χ1n) is 8.87. The molecule has 2 aliphatic heterocycles. The van der Waals surface area contributed by atoms with Gasteiger partial charge in [0.05, 0.1) is 12.0 Å². The number of aryl methyl sites for hydroxylation is 1. The molecule has 2 fully saturated rings. The number of rotatable bonds is 4. The first-order chi connectivity index (χ1) is 12.0. The van der Waals surface area contributed by atoms with Gasteiger partial charge in [-0.15, -0.1) is 0 Å². The Morgan fingerprint density at radius 1 is 1.20 bits per heavy atom. The highest BCUT2D eigenvalue weighted by molar-refractivity contribution is 5.56. The van der Waals surface area contributed by atoms with Crippen molar-refractivity contribution >= 4 is 11.5 Å². The number of nitrogens with zero attached hydrogens (tertiary/aromatic N) is 5. The Morgan fingerprint density at radius 3 is 2.40 bits per heavy atom. The molecule has 0 amide bonds. The van der Waals surface area contributed by atoms with E-state index < -0.39 is 4.92 Å². The predicted molar refractivity (Wildman–Crippen MR) is 96.5 cm³/mol. The maximum Gasteiger partial charge on any atom is 0.331 e. The summed E-state index contributed by atoms with van der Waals surface area (Å²) >= 11 is 0. The van der Waals surface area contributed by atoms with Crippen LogP contribution in [0.25, 0.3) is 0 Å². The molecule has 1 aromatic rings. The number of aromatic nitrogens is 1. The minimum absolute atomic E-state index is 0.0731. The van der Waals surface area contributed by atoms with Gasteiger partial charge in [-0.25, -0.2) is 0 Å². The van der Waals surface area contributed by atoms with E-state index in [0.717, 1.165) is 63.5 Å². The van der Waals surface area contributed by atoms with Gasteiger partial charge >= 0.3 is 5.69 Å². The third-order valence-electron chi connectivity index (χ3n) is 5.34. The van der Waals surface area contributed by atoms with E-state index in [9.17, 15) is 10.1 Å². The van der Waals surface area contributed by atoms with Crippen LogP contribution in [0.5, 0.6) is 5.88 Å². The number of nitro groups is 1. The quantitative estimate of drug-likeness (QED) is 0.603. The number of hydrogen-bond acceptors (Lipinski definition) is 7. The number of piperazine rings is 1. The molecule has 138 valence electrons. The van der Waals surface area contributed by atoms with Crippen LogP contribution in [0.2, 0.25) is 0 Å². The van der Waals surface area contributed by atoms with Crippen LogP contribution in [-0.4, -0.2) is 79.2 Å². The Bertz CT molecular complexity index is 623. The van der Waals surface area contributed by atoms with Crippen molar-refractivity contribution in [2.45, 2.75) is 25.8 Å². The van der Waals surface area contributed by atoms with Crippen LogP contribution in [-0.2, 0) is 0 Å². The number of anilines is 1. The van der Waals surface area contributed by atoms with Gasteiger partial charge in [0.1, 0.15) is 5.82 Å². The smallest absolute Gasteiger partial charge is 0.331 e. The molecule has 0 spiro atoms. The van der Waals surface area contributed by atoms with Crippen LogP contribution in [0.1, 0.15) is 18.4 Å². The van der Waals surface area contributed by atoms with Gasteiger partial charge in [0, 0.05) is 51.4 Å². The van der Waals surface area contributed by atoms with E-state index in [1.807, 2.05) is 6.92 Å². The molecule has 0 aliphatic carbocycles. The van der Waals surface area contributed by atoms with Gasteiger partial charge in [0.25, 0.3) is 5.88 Å². The number of ether oxygens (including phenoxy) is 1. The molecular formula is C17H27N5O3. The van der Waals surface area contributed by atoms with Crippen molar-refractivity contribution in [3.05, 3.63) is 21.7 Å². The largest absolute Gasteiger partial charge is 0.476 e. The molecule has 3 rings (SSSR count). The average molecular weight is 349 g/mol. The summed E-state index contributed by atoms with van der Waals surface area (Å²) in [5.74, 6) is 0.895. The van der Waals surface area contributed by atoms with E-state index in [1.54, 1.807) is 6.07 Å². The third-order valence-corrected chi connectivity index (χ3v) is 5.34. The minimum Gasteiger partial charge on any atom is -0.476 e. The Morgan fingerprint density at radius 2 is 1.84 bits per heavy atom. The molecule has 1 aromatic heterocycles. The van der Waals surface area contributed by atoms with Crippen molar-refractivity contribution in [1.82, 2.24) is 14.8 Å². The summed E-state index contributed by atoms with van der Waals surface area (Å²) in [5, 5.41) is 11.1. The van der Waals surface area contributed by atoms with E-state index in [0.29, 0.717) is 6.04 Å². The number of methoxy groups -OCH3 is 1. The van der Waals surface area contributed by atoms with Gasteiger partial charge in [0.15, 0.2) is 0 Å². The lowest BCUT2D eigenvalue weighted by Crippen LogP contribution is -2.52. The van der Waals surface area contributed by atoms with E-state index >= 15 is 0 Å². The van der Waals surface area contributed by atoms with Crippen molar-refractivity contribution < 1.29 is 9.66 Å². The van der Waals surface area contributed by atoms with Crippen molar-refractivity contribution in [3.8, 4) is 5.88 Å². The summed E-state index contributed by atoms with van der Waals surface area (Å²) in [5.41, 5.74) is 0.751. The molecule has 2 aliphatic rings. The van der Waals surface area contributed by atoms with Crippen molar-refractivity contribution in [2.24, 2.45) is 0 Å². The Kier molecular flexibility index (Phi) is 5.39. The summed E-state index contributed by atoms with van der Waals surface area (Å²) in [6.45, 7) is 8.29. The monoisotopic (exact) mass is 349 g/mol. The fraction of sp³-hybridized carbons (Fsp3) is 0.706. The molecule has 0 N–H and O–H groups in total. The van der Waals surface area contributed by atoms with E-state index in [4.69, 9.17) is 4.74 Å². The zero-order valence-electron chi connectivity index (χ0n) is 15.3. The molecule has 0 radical (unpaired) electrons. The summed E-state index contributed by atoms with van der Waals surface area (Å²) in [6, 6.07) is 2.19. The van der Waals surface area contributed by atoms with Crippen LogP contribution >= 0.6 is 0 Å². The van der Waals surface area contributed by atoms with E-state index in [1.165, 1.54) is 7.11 Å². The van der Waals surface area contributed by atoms with Crippen LogP contribution in [0.3, 0.4) is 0 Å². The molecule has 8 heteroatoms. The standard InChI is InChI=1S/C17H27N5O3/c1-13-12-15(22(23)24)17(25-3)18-16(13)21-6-4-14(5-7-21)20-10-8-19(2)9-11-20/h12,14H,4-11H2,1-3H3. The normalized spacial score (nSPS) is 20.7. The van der Waals surface area contributed by atoms with Crippen LogP contribution in [0.4, 0.5) is 11.5 Å². The second kappa shape index (κ2) is 7.53. The second-order valence-electron chi connectivity index (χ2n) is 6.97. The minimum atomic E-state index is -0.442. The van der Waals surface area contributed by atoms with Crippen molar-refractivity contribution in [3.63, 3.8) is 0 Å². The molecule has 3 heterocycles. The van der Waals surface area contributed by atoms with Crippen LogP contribution < -0.4 is 9.64 Å². The predicted octanol–water partition coefficient (Wildman–Crippen LogP) is 1.52. The highest BCUT2D eigenvalue weighted by Gasteiger charge is 2.29. The zero-order valence-corrected chi connectivity index (χ0v) is 15.3. The van der Waals surface area contributed by atoms with Gasteiger partial charge in [-0.05, 0) is 32.4 Å². The van der Waals surface area contributed by atoms with E-state index in [-0.39, 0.29) is 11.6 Å². The molecule has 0 bridgehead atoms. The van der Waals surface area contributed by atoms with Crippen LogP contribution in [0, 0.1) is 17.0 Å². The highest BCUT2D eigenvalue weighted by atomic mass is 16.6. The second-order valence-corrected chi connectivity index (χ2v) is 6.97. The molecule has 0 atom stereocenters. The number of piperidine rings is 1. The molecular weight excluding hydrogens is 322 g/mol. The molecule has 0 saturated carbocycles. The number of pyridine rings is 1. The lowest BCUT2D eigenvalue weighted by Gasteiger charge is -2.42. The summed E-state index contributed by atoms with van der Waals surface area (Å²) in [7, 11) is 3.60. The topological polar surface area (TPSA) is 75.0 Å². The Labute approximate surface area is 148 Å². The van der Waals surface area contributed by atoms with Gasteiger partial charge in [-0.2, -0.15) is 4.98 Å². The van der Waals surface area contributed by atoms with Crippen molar-refractivity contribution in [2.75, 3.05) is 58.3 Å². The van der Waals surface area contributed by atoms with Gasteiger partial charge < -0.3 is 14.5 Å². The fourth-order valence-corrected chi connectivity index (χ4v) is 3.80. The number of likely N-dealkylation sites (N-methyl/N-ethyl adjacent to an activating group) is 1. The van der Waals surface area contributed by atoms with Gasteiger partial charge in [-0.1, -0.05) is 0 Å². The summed E-state index contributed by atoms with van der Waals surface area (Å²) in [6.07, 6.45) is 2.20. The molecule has 0 unspecified atom stereocenters. The van der Waals surface area contributed by atoms with Crippen LogP contribution in [0.15, 0.2) is 6.07 Å². The summed E-state index contributed by atoms with van der Waals surface area (Å²) < 4.78 is 5.13. The molecule has 2 saturated heterocycles. The number of hydrogen-bond donors (Lipinski definition) is 0.